The first-order valence-corrected chi connectivity index (χ1v) is 14.6. The third-order valence-corrected chi connectivity index (χ3v) is 9.11. The van der Waals surface area contributed by atoms with E-state index in [1.54, 1.807) is 4.90 Å². The number of Topliss-reactive ketones (excluding diaryl/α,β-unsaturated/α-hetero) is 1. The second-order valence-corrected chi connectivity index (χ2v) is 11.9. The number of thioether (sulfide) groups is 1. The Balaban J connectivity index is 1.39. The number of aryl methyl sites for hydroxylation is 1. The van der Waals surface area contributed by atoms with Crippen LogP contribution < -0.4 is 16.0 Å². The molecule has 0 bridgehead atoms. The molecule has 5 rings (SSSR count). The van der Waals surface area contributed by atoms with Gasteiger partial charge in [-0.25, -0.2) is 0 Å². The van der Waals surface area contributed by atoms with E-state index in [0.29, 0.717) is 40.0 Å². The molecule has 208 valence electrons. The smallest absolute Gasteiger partial charge is 0.289 e. The number of halogens is 1. The van der Waals surface area contributed by atoms with Crippen molar-refractivity contribution >= 4 is 62.9 Å². The van der Waals surface area contributed by atoms with Gasteiger partial charge in [-0.1, -0.05) is 59.0 Å². The van der Waals surface area contributed by atoms with Crippen molar-refractivity contribution in [1.82, 2.24) is 10.2 Å². The third-order valence-electron chi connectivity index (χ3n) is 6.75. The Hall–Kier alpha value is -4.25. The number of benzene rings is 2. The number of ketones is 1. The summed E-state index contributed by atoms with van der Waals surface area (Å²) < 4.78 is 0.467. The number of nitrogens with zero attached hydrogens (tertiary/aromatic N) is 5. The van der Waals surface area contributed by atoms with Crippen molar-refractivity contribution in [3.05, 3.63) is 91.4 Å². The minimum Gasteiger partial charge on any atom is -0.384 e. The number of carbonyl (C=O) groups is 2. The largest absolute Gasteiger partial charge is 0.384 e. The molecule has 14 heteroatoms. The second-order valence-electron chi connectivity index (χ2n) is 9.28. The molecule has 2 aromatic carbocycles. The molecule has 41 heavy (non-hydrogen) atoms. The van der Waals surface area contributed by atoms with Crippen LogP contribution in [0.2, 0.25) is 5.02 Å². The number of nitro benzene ring substituents is 1. The summed E-state index contributed by atoms with van der Waals surface area (Å²) in [6.45, 7) is 1.94. The minimum absolute atomic E-state index is 0.0250. The maximum atomic E-state index is 13.3. The molecule has 1 amide bonds. The Morgan fingerprint density at radius 2 is 2.10 bits per heavy atom. The van der Waals surface area contributed by atoms with Gasteiger partial charge >= 0.3 is 0 Å². The van der Waals surface area contributed by atoms with Gasteiger partial charge in [0.25, 0.3) is 5.69 Å². The Labute approximate surface area is 247 Å². The maximum Gasteiger partial charge on any atom is 0.289 e. The molecule has 1 unspecified atom stereocenters. The van der Waals surface area contributed by atoms with Gasteiger partial charge in [-0.05, 0) is 43.0 Å². The van der Waals surface area contributed by atoms with E-state index < -0.39 is 16.7 Å². The van der Waals surface area contributed by atoms with Crippen LogP contribution in [0, 0.1) is 28.4 Å². The van der Waals surface area contributed by atoms with Crippen LogP contribution in [0.1, 0.15) is 36.3 Å². The molecule has 1 atom stereocenters. The average molecular weight is 608 g/mol. The highest BCUT2D eigenvalue weighted by Crippen LogP contribution is 2.47. The van der Waals surface area contributed by atoms with E-state index in [2.05, 4.69) is 21.6 Å². The number of nitro groups is 1. The maximum absolute atomic E-state index is 13.3. The van der Waals surface area contributed by atoms with E-state index in [4.69, 9.17) is 17.3 Å². The van der Waals surface area contributed by atoms with Gasteiger partial charge in [0, 0.05) is 29.4 Å². The average Bonchev–Trinajstić information content (AvgIpc) is 3.41. The molecule has 1 aliphatic heterocycles. The number of carbonyl (C=O) groups excluding carboxylic acids is 2. The predicted octanol–water partition coefficient (Wildman–Crippen LogP) is 5.44. The fourth-order valence-electron chi connectivity index (χ4n) is 4.93. The van der Waals surface area contributed by atoms with Gasteiger partial charge < -0.3 is 11.1 Å². The van der Waals surface area contributed by atoms with Crippen LogP contribution in [0.3, 0.4) is 0 Å². The number of nitriles is 1. The number of allylic oxidation sites excluding steroid dienone is 3. The van der Waals surface area contributed by atoms with Gasteiger partial charge in [-0.2, -0.15) is 5.26 Å². The summed E-state index contributed by atoms with van der Waals surface area (Å²) in [7, 11) is 0. The fraction of sp³-hybridized carbons (Fsp3) is 0.222. The minimum atomic E-state index is -0.627. The van der Waals surface area contributed by atoms with Crippen molar-refractivity contribution in [2.75, 3.05) is 16.0 Å². The highest BCUT2D eigenvalue weighted by atomic mass is 35.5. The number of nitrogens with two attached hydrogens (primary N) is 1. The summed E-state index contributed by atoms with van der Waals surface area (Å²) in [5.41, 5.74) is 9.89. The molecule has 2 heterocycles. The van der Waals surface area contributed by atoms with Gasteiger partial charge in [0.05, 0.1) is 28.2 Å². The molecule has 0 radical (unpaired) electrons. The van der Waals surface area contributed by atoms with Gasteiger partial charge in [-0.15, -0.1) is 10.2 Å². The van der Waals surface area contributed by atoms with Crippen LogP contribution >= 0.6 is 34.7 Å². The summed E-state index contributed by atoms with van der Waals surface area (Å²) in [4.78, 5) is 37.9. The van der Waals surface area contributed by atoms with Crippen molar-refractivity contribution in [3.8, 4) is 6.07 Å². The molecule has 0 fully saturated rings. The predicted molar refractivity (Wildman–Crippen MR) is 156 cm³/mol. The lowest BCUT2D eigenvalue weighted by Crippen LogP contribution is -2.38. The molecule has 3 N–H and O–H groups in total. The van der Waals surface area contributed by atoms with Gasteiger partial charge in [0.1, 0.15) is 10.8 Å². The van der Waals surface area contributed by atoms with E-state index in [1.165, 1.54) is 29.5 Å². The second kappa shape index (κ2) is 11.7. The monoisotopic (exact) mass is 607 g/mol. The lowest BCUT2D eigenvalue weighted by atomic mass is 9.75. The van der Waals surface area contributed by atoms with Gasteiger partial charge in [0.15, 0.2) is 10.1 Å². The molecule has 11 nitrogen and oxygen atoms in total. The fourth-order valence-corrected chi connectivity index (χ4v) is 6.80. The molecular weight excluding hydrogens is 586 g/mol. The number of hydrogen-bond donors (Lipinski definition) is 2. The lowest BCUT2D eigenvalue weighted by Gasteiger charge is -2.38. The van der Waals surface area contributed by atoms with E-state index >= 15 is 0 Å². The molecule has 0 saturated carbocycles. The van der Waals surface area contributed by atoms with Crippen LogP contribution in [-0.2, 0) is 9.59 Å². The van der Waals surface area contributed by atoms with E-state index in [-0.39, 0.29) is 39.3 Å². The first-order valence-electron chi connectivity index (χ1n) is 12.4. The Morgan fingerprint density at radius 1 is 1.32 bits per heavy atom. The number of amides is 1. The van der Waals surface area contributed by atoms with Crippen LogP contribution in [-0.4, -0.2) is 32.6 Å². The zero-order valence-corrected chi connectivity index (χ0v) is 24.0. The first-order chi connectivity index (χ1) is 19.7. The van der Waals surface area contributed by atoms with E-state index in [9.17, 15) is 25.0 Å². The SMILES string of the molecule is Cc1ccccc1C1C(C#N)=C(N)N(c2nnc(SCC(=O)Nc3ccc(Cl)c([N+](=O)[O-])c3)s2)C2=C1C(=O)CCC2. The topological polar surface area (TPSA) is 168 Å². The number of anilines is 2. The first kappa shape index (κ1) is 28.3. The van der Waals surface area contributed by atoms with Crippen molar-refractivity contribution < 1.29 is 14.5 Å². The summed E-state index contributed by atoms with van der Waals surface area (Å²) in [5.74, 6) is -0.834. The molecule has 1 aliphatic carbocycles. The van der Waals surface area contributed by atoms with Crippen molar-refractivity contribution in [2.45, 2.75) is 36.4 Å². The molecule has 3 aromatic rings. The highest BCUT2D eigenvalue weighted by Gasteiger charge is 2.41. The zero-order valence-electron chi connectivity index (χ0n) is 21.6. The van der Waals surface area contributed by atoms with Crippen LogP contribution in [0.15, 0.2) is 69.5 Å². The Kier molecular flexibility index (Phi) is 8.07. The van der Waals surface area contributed by atoms with Crippen molar-refractivity contribution in [2.24, 2.45) is 5.73 Å². The van der Waals surface area contributed by atoms with Gasteiger partial charge in [-0.3, -0.25) is 24.6 Å². The van der Waals surface area contributed by atoms with Crippen LogP contribution in [0.5, 0.6) is 0 Å². The number of rotatable bonds is 7. The Bertz CT molecular complexity index is 1690. The standard InChI is InChI=1S/C27H22ClN7O4S2/c1-14-5-2-3-6-16(14)23-17(12-29)25(30)34(19-7-4-8-21(36)24(19)23)26-32-33-27(41-26)40-13-22(37)31-15-9-10-18(28)20(11-15)35(38)39/h2-3,5-6,9-11,23H,4,7-8,13,30H2,1H3,(H,31,37). The normalized spacial score (nSPS) is 16.9. The summed E-state index contributed by atoms with van der Waals surface area (Å²) in [6.07, 6.45) is 1.62. The number of aromatic nitrogens is 2. The summed E-state index contributed by atoms with van der Waals surface area (Å²) in [5, 5.41) is 32.7. The summed E-state index contributed by atoms with van der Waals surface area (Å²) >= 11 is 8.14. The van der Waals surface area contributed by atoms with Crippen molar-refractivity contribution in [3.63, 3.8) is 0 Å². The quantitative estimate of drug-likeness (QED) is 0.200. The Morgan fingerprint density at radius 3 is 2.83 bits per heavy atom. The number of hydrogen-bond acceptors (Lipinski definition) is 11. The lowest BCUT2D eigenvalue weighted by molar-refractivity contribution is -0.384. The van der Waals surface area contributed by atoms with Crippen LogP contribution in [0.25, 0.3) is 0 Å². The zero-order chi connectivity index (χ0) is 29.3. The van der Waals surface area contributed by atoms with Gasteiger partial charge in [0.2, 0.25) is 11.0 Å². The molecular formula is C27H22ClN7O4S2. The molecule has 0 saturated heterocycles. The molecule has 2 aliphatic rings. The van der Waals surface area contributed by atoms with E-state index in [0.717, 1.165) is 22.9 Å². The van der Waals surface area contributed by atoms with Crippen molar-refractivity contribution in [1.29, 1.82) is 5.26 Å². The van der Waals surface area contributed by atoms with Crippen LogP contribution in [0.4, 0.5) is 16.5 Å². The highest BCUT2D eigenvalue weighted by molar-refractivity contribution is 8.01. The summed E-state index contributed by atoms with van der Waals surface area (Å²) in [6, 6.07) is 13.9. The van der Waals surface area contributed by atoms with E-state index in [1.807, 2.05) is 31.2 Å². The third kappa shape index (κ3) is 5.54. The number of nitrogens with one attached hydrogen (secondary N) is 1. The molecule has 1 aromatic heterocycles. The molecule has 0 spiro atoms.